The van der Waals surface area contributed by atoms with Gasteiger partial charge in [-0.25, -0.2) is 14.5 Å². The molecule has 0 aromatic carbocycles. The Hall–Kier alpha value is -1.62. The predicted molar refractivity (Wildman–Crippen MR) is 65.5 cm³/mol. The molecule has 5 nitrogen and oxygen atoms in total. The maximum Gasteiger partial charge on any atom is 0.375 e. The molecule has 0 fully saturated rings. The number of rotatable bonds is 2. The second-order valence-electron chi connectivity index (χ2n) is 4.53. The van der Waals surface area contributed by atoms with Gasteiger partial charge in [0.25, 0.3) is 5.82 Å². The number of aryl methyl sites for hydroxylation is 1. The van der Waals surface area contributed by atoms with Crippen molar-refractivity contribution in [3.05, 3.63) is 34.9 Å². The normalized spacial score (nSPS) is 25.9. The van der Waals surface area contributed by atoms with Crippen LogP contribution in [0.1, 0.15) is 35.3 Å². The van der Waals surface area contributed by atoms with Crippen LogP contribution in [-0.4, -0.2) is 25.8 Å². The van der Waals surface area contributed by atoms with Gasteiger partial charge in [0.05, 0.1) is 6.04 Å². The SMILES string of the molecule is O=C(O)c1nc2n(n1)[C@H](C1CC=CC=C1Cl)CC2. The average Bonchev–Trinajstić information content (AvgIpc) is 2.89. The summed E-state index contributed by atoms with van der Waals surface area (Å²) in [6.07, 6.45) is 8.44. The van der Waals surface area contributed by atoms with Crippen molar-refractivity contribution in [1.82, 2.24) is 14.8 Å². The average molecular weight is 266 g/mol. The zero-order valence-electron chi connectivity index (χ0n) is 9.58. The van der Waals surface area contributed by atoms with Crippen LogP contribution in [0.2, 0.25) is 0 Å². The number of allylic oxidation sites excluding steroid dienone is 4. The fourth-order valence-corrected chi connectivity index (χ4v) is 2.92. The number of carboxylic acids is 1. The molecule has 18 heavy (non-hydrogen) atoms. The van der Waals surface area contributed by atoms with E-state index in [0.717, 1.165) is 30.1 Å². The van der Waals surface area contributed by atoms with E-state index in [9.17, 15) is 4.79 Å². The molecule has 0 radical (unpaired) electrons. The van der Waals surface area contributed by atoms with Crippen LogP contribution in [0.15, 0.2) is 23.3 Å². The topological polar surface area (TPSA) is 68.0 Å². The Morgan fingerprint density at radius 3 is 3.11 bits per heavy atom. The molecule has 1 aliphatic carbocycles. The van der Waals surface area contributed by atoms with Gasteiger partial charge in [-0.05, 0) is 18.9 Å². The van der Waals surface area contributed by atoms with Crippen molar-refractivity contribution in [3.63, 3.8) is 0 Å². The highest BCUT2D eigenvalue weighted by Crippen LogP contribution is 2.39. The summed E-state index contributed by atoms with van der Waals surface area (Å²) in [5.41, 5.74) is 0. The number of fused-ring (bicyclic) bond motifs is 1. The van der Waals surface area contributed by atoms with Gasteiger partial charge in [0.1, 0.15) is 5.82 Å². The summed E-state index contributed by atoms with van der Waals surface area (Å²) in [7, 11) is 0. The molecule has 3 rings (SSSR count). The van der Waals surface area contributed by atoms with Gasteiger partial charge in [0, 0.05) is 17.4 Å². The van der Waals surface area contributed by atoms with E-state index in [-0.39, 0.29) is 17.8 Å². The summed E-state index contributed by atoms with van der Waals surface area (Å²) in [4.78, 5) is 14.9. The van der Waals surface area contributed by atoms with E-state index in [2.05, 4.69) is 16.2 Å². The summed E-state index contributed by atoms with van der Waals surface area (Å²) in [5.74, 6) is -0.278. The van der Waals surface area contributed by atoms with Gasteiger partial charge >= 0.3 is 5.97 Å². The second-order valence-corrected chi connectivity index (χ2v) is 4.97. The summed E-state index contributed by atoms with van der Waals surface area (Å²) in [6, 6.07) is 0.120. The van der Waals surface area contributed by atoms with Crippen molar-refractivity contribution in [2.24, 2.45) is 5.92 Å². The van der Waals surface area contributed by atoms with E-state index in [0.29, 0.717) is 0 Å². The first-order chi connectivity index (χ1) is 8.66. The van der Waals surface area contributed by atoms with Crippen molar-refractivity contribution in [2.75, 3.05) is 0 Å². The Bertz CT molecular complexity index is 562. The lowest BCUT2D eigenvalue weighted by molar-refractivity contribution is 0.0682. The highest BCUT2D eigenvalue weighted by Gasteiger charge is 2.34. The van der Waals surface area contributed by atoms with Crippen LogP contribution in [0.5, 0.6) is 0 Å². The molecule has 1 aromatic rings. The molecule has 0 saturated carbocycles. The van der Waals surface area contributed by atoms with Gasteiger partial charge in [-0.3, -0.25) is 0 Å². The van der Waals surface area contributed by atoms with Gasteiger partial charge in [-0.15, -0.1) is 5.10 Å². The number of nitrogens with zero attached hydrogens (tertiary/aromatic N) is 3. The molecule has 6 heteroatoms. The molecule has 2 aliphatic rings. The predicted octanol–water partition coefficient (Wildman–Crippen LogP) is 2.16. The highest BCUT2D eigenvalue weighted by molar-refractivity contribution is 6.30. The Morgan fingerprint density at radius 2 is 2.39 bits per heavy atom. The molecule has 2 atom stereocenters. The zero-order valence-corrected chi connectivity index (χ0v) is 10.3. The number of carbonyl (C=O) groups is 1. The fourth-order valence-electron chi connectivity index (χ4n) is 2.62. The van der Waals surface area contributed by atoms with Gasteiger partial charge in [0.15, 0.2) is 0 Å². The molecule has 1 aliphatic heterocycles. The monoisotopic (exact) mass is 265 g/mol. The Kier molecular flexibility index (Phi) is 2.70. The van der Waals surface area contributed by atoms with Crippen molar-refractivity contribution < 1.29 is 9.90 Å². The van der Waals surface area contributed by atoms with E-state index in [4.69, 9.17) is 16.7 Å². The first-order valence-electron chi connectivity index (χ1n) is 5.87. The lowest BCUT2D eigenvalue weighted by atomic mass is 9.91. The van der Waals surface area contributed by atoms with Crippen molar-refractivity contribution >= 4 is 17.6 Å². The van der Waals surface area contributed by atoms with Gasteiger partial charge in [0.2, 0.25) is 0 Å². The number of hydrogen-bond donors (Lipinski definition) is 1. The minimum Gasteiger partial charge on any atom is -0.475 e. The third-order valence-corrected chi connectivity index (χ3v) is 3.88. The van der Waals surface area contributed by atoms with E-state index in [1.165, 1.54) is 0 Å². The number of hydrogen-bond acceptors (Lipinski definition) is 3. The molecule has 1 N–H and O–H groups in total. The van der Waals surface area contributed by atoms with Gasteiger partial charge in [-0.2, -0.15) is 0 Å². The number of aromatic nitrogens is 3. The molecular weight excluding hydrogens is 254 g/mol. The van der Waals surface area contributed by atoms with Crippen LogP contribution in [-0.2, 0) is 6.42 Å². The number of halogens is 1. The lowest BCUT2D eigenvalue weighted by Crippen LogP contribution is -2.19. The molecule has 0 saturated heterocycles. The van der Waals surface area contributed by atoms with E-state index < -0.39 is 5.97 Å². The van der Waals surface area contributed by atoms with Crippen LogP contribution >= 0.6 is 11.6 Å². The summed E-state index contributed by atoms with van der Waals surface area (Å²) >= 11 is 6.23. The fraction of sp³-hybridized carbons (Fsp3) is 0.417. The Morgan fingerprint density at radius 1 is 1.56 bits per heavy atom. The summed E-state index contributed by atoms with van der Waals surface area (Å²) < 4.78 is 1.74. The summed E-state index contributed by atoms with van der Waals surface area (Å²) in [5, 5.41) is 13.8. The zero-order chi connectivity index (χ0) is 12.7. The van der Waals surface area contributed by atoms with Crippen molar-refractivity contribution in [3.8, 4) is 0 Å². The van der Waals surface area contributed by atoms with Crippen molar-refractivity contribution in [2.45, 2.75) is 25.3 Å². The first kappa shape index (κ1) is 11.5. The second kappa shape index (κ2) is 4.24. The van der Waals surface area contributed by atoms with Gasteiger partial charge < -0.3 is 5.11 Å². The smallest absolute Gasteiger partial charge is 0.375 e. The standard InChI is InChI=1S/C12H12ClN3O2/c13-8-4-2-1-3-7(8)9-5-6-10-14-11(12(17)18)15-16(9)10/h1-2,4,7,9H,3,5-6H2,(H,17,18)/t7?,9-/m0/s1. The van der Waals surface area contributed by atoms with Gasteiger partial charge in [-0.1, -0.05) is 23.8 Å². The quantitative estimate of drug-likeness (QED) is 0.890. The van der Waals surface area contributed by atoms with Crippen molar-refractivity contribution in [1.29, 1.82) is 0 Å². The van der Waals surface area contributed by atoms with E-state index >= 15 is 0 Å². The van der Waals surface area contributed by atoms with E-state index in [1.807, 2.05) is 12.2 Å². The first-order valence-corrected chi connectivity index (χ1v) is 6.25. The Balaban J connectivity index is 1.92. The summed E-state index contributed by atoms with van der Waals surface area (Å²) in [6.45, 7) is 0. The molecule has 1 aromatic heterocycles. The molecular formula is C12H12ClN3O2. The van der Waals surface area contributed by atoms with Crippen LogP contribution in [0, 0.1) is 5.92 Å². The minimum absolute atomic E-state index is 0.120. The Labute approximate surface area is 109 Å². The molecule has 94 valence electrons. The molecule has 0 spiro atoms. The number of aromatic carboxylic acids is 1. The maximum atomic E-state index is 10.9. The third-order valence-electron chi connectivity index (χ3n) is 3.47. The molecule has 0 amide bonds. The number of carboxylic acid groups (broad SMARTS) is 1. The minimum atomic E-state index is -1.08. The largest absolute Gasteiger partial charge is 0.475 e. The van der Waals surface area contributed by atoms with Crippen LogP contribution in [0.3, 0.4) is 0 Å². The van der Waals surface area contributed by atoms with E-state index in [1.54, 1.807) is 4.68 Å². The maximum absolute atomic E-state index is 10.9. The molecule has 1 unspecified atom stereocenters. The van der Waals surface area contributed by atoms with Crippen LogP contribution < -0.4 is 0 Å². The van der Waals surface area contributed by atoms with Crippen LogP contribution in [0.4, 0.5) is 0 Å². The molecule has 0 bridgehead atoms. The lowest BCUT2D eigenvalue weighted by Gasteiger charge is -2.24. The van der Waals surface area contributed by atoms with Crippen LogP contribution in [0.25, 0.3) is 0 Å². The highest BCUT2D eigenvalue weighted by atomic mass is 35.5. The molecule has 2 heterocycles. The third kappa shape index (κ3) is 1.75.